The quantitative estimate of drug-likeness (QED) is 0.231. The standard InChI is InChI=1S/C16H15NS2.C7H8O2S/c1-10(2)11-7-8-15-13(9-11)16(17-18)12-5-3-4-6-14(12)19-15;1-6-2-4-7(5-3-6)10(8)9/h3-10,18H,1-2H3;2-5H,1H3,(H,8,9)/p-1/b17-16+;. The zero-order valence-electron chi connectivity index (χ0n) is 16.5. The molecule has 3 aromatic carbocycles. The Kier molecular flexibility index (Phi) is 7.24. The lowest BCUT2D eigenvalue weighted by atomic mass is 10.0. The maximum absolute atomic E-state index is 10.3. The topological polar surface area (TPSA) is 52.5 Å². The Morgan fingerprint density at radius 3 is 2.24 bits per heavy atom. The third kappa shape index (κ3) is 5.14. The zero-order chi connectivity index (χ0) is 21.0. The van der Waals surface area contributed by atoms with Crippen LogP contribution in [0.15, 0.2) is 76.0 Å². The van der Waals surface area contributed by atoms with E-state index in [0.29, 0.717) is 10.8 Å². The largest absolute Gasteiger partial charge is 0.768 e. The van der Waals surface area contributed by atoms with E-state index in [1.807, 2.05) is 18.3 Å². The first-order chi connectivity index (χ1) is 13.9. The van der Waals surface area contributed by atoms with Gasteiger partial charge in [0.15, 0.2) is 0 Å². The van der Waals surface area contributed by atoms with E-state index in [0.717, 1.165) is 10.9 Å². The van der Waals surface area contributed by atoms with Gasteiger partial charge in [0, 0.05) is 25.1 Å². The summed E-state index contributed by atoms with van der Waals surface area (Å²) in [6, 6.07) is 21.7. The minimum absolute atomic E-state index is 0.339. The van der Waals surface area contributed by atoms with Crippen LogP contribution in [0.5, 0.6) is 0 Å². The van der Waals surface area contributed by atoms with E-state index in [2.05, 4.69) is 73.5 Å². The summed E-state index contributed by atoms with van der Waals surface area (Å²) in [6.07, 6.45) is 0. The molecule has 0 saturated heterocycles. The van der Waals surface area contributed by atoms with Crippen LogP contribution in [0, 0.1) is 6.92 Å². The summed E-state index contributed by atoms with van der Waals surface area (Å²) < 4.78 is 27.4. The Balaban J connectivity index is 0.000000204. The van der Waals surface area contributed by atoms with E-state index in [4.69, 9.17) is 0 Å². The molecule has 0 spiro atoms. The molecule has 1 unspecified atom stereocenters. The van der Waals surface area contributed by atoms with Crippen molar-refractivity contribution in [3.05, 3.63) is 83.2 Å². The van der Waals surface area contributed by atoms with Crippen LogP contribution in [0.2, 0.25) is 0 Å². The molecule has 4 rings (SSSR count). The van der Waals surface area contributed by atoms with Gasteiger partial charge < -0.3 is 4.55 Å². The highest BCUT2D eigenvalue weighted by Crippen LogP contribution is 2.27. The second kappa shape index (κ2) is 9.67. The lowest BCUT2D eigenvalue weighted by molar-refractivity contribution is 0.537. The summed E-state index contributed by atoms with van der Waals surface area (Å²) in [5.41, 5.74) is 2.41. The van der Waals surface area contributed by atoms with Crippen molar-refractivity contribution in [1.82, 2.24) is 0 Å². The van der Waals surface area contributed by atoms with Gasteiger partial charge in [0.1, 0.15) is 0 Å². The molecule has 6 heteroatoms. The molecule has 0 aliphatic rings. The first kappa shape index (κ1) is 21.7. The van der Waals surface area contributed by atoms with Crippen molar-refractivity contribution < 1.29 is 8.76 Å². The monoisotopic (exact) mass is 440 g/mol. The Morgan fingerprint density at radius 2 is 1.62 bits per heavy atom. The van der Waals surface area contributed by atoms with E-state index >= 15 is 0 Å². The third-order valence-corrected chi connectivity index (χ3v) is 6.61. The van der Waals surface area contributed by atoms with Gasteiger partial charge in [-0.15, -0.1) is 11.3 Å². The van der Waals surface area contributed by atoms with Crippen molar-refractivity contribution in [3.8, 4) is 0 Å². The molecule has 1 atom stereocenters. The van der Waals surface area contributed by atoms with Crippen LogP contribution in [0.3, 0.4) is 0 Å². The van der Waals surface area contributed by atoms with Crippen LogP contribution in [-0.4, -0.2) is 8.76 Å². The van der Waals surface area contributed by atoms with E-state index in [9.17, 15) is 8.76 Å². The summed E-state index contributed by atoms with van der Waals surface area (Å²) in [4.78, 5) is 0.339. The minimum Gasteiger partial charge on any atom is -0.768 e. The molecule has 0 aliphatic heterocycles. The number of nitrogens with zero attached hydrogens (tertiary/aromatic N) is 1. The van der Waals surface area contributed by atoms with Crippen LogP contribution in [0.1, 0.15) is 30.9 Å². The second-order valence-electron chi connectivity index (χ2n) is 7.00. The lowest BCUT2D eigenvalue weighted by Gasteiger charge is -2.08. The van der Waals surface area contributed by atoms with Gasteiger partial charge in [-0.2, -0.15) is 0 Å². The third-order valence-electron chi connectivity index (χ3n) is 4.60. The van der Waals surface area contributed by atoms with Crippen molar-refractivity contribution in [2.75, 3.05) is 0 Å². The highest BCUT2D eigenvalue weighted by molar-refractivity contribution is 7.79. The fraction of sp³-hybridized carbons (Fsp3) is 0.174. The highest BCUT2D eigenvalue weighted by atomic mass is 32.2. The Labute approximate surface area is 183 Å². The number of thiol groups is 1. The molecule has 0 saturated carbocycles. The van der Waals surface area contributed by atoms with Gasteiger partial charge >= 0.3 is 0 Å². The smallest absolute Gasteiger partial charge is 0.0883 e. The van der Waals surface area contributed by atoms with Crippen molar-refractivity contribution in [2.24, 2.45) is 4.40 Å². The van der Waals surface area contributed by atoms with E-state index in [1.54, 1.807) is 24.3 Å². The summed E-state index contributed by atoms with van der Waals surface area (Å²) in [6.45, 7) is 6.34. The van der Waals surface area contributed by atoms with Crippen molar-refractivity contribution >= 4 is 55.4 Å². The minimum atomic E-state index is -2.09. The van der Waals surface area contributed by atoms with E-state index in [1.165, 1.54) is 25.7 Å². The molecule has 150 valence electrons. The molecule has 0 fully saturated rings. The SMILES string of the molecule is CC(C)c1ccc2sc3ccccc3/c(=N\S)c2c1.Cc1ccc(S(=O)[O-])cc1. The molecule has 3 nitrogen and oxygen atoms in total. The van der Waals surface area contributed by atoms with Crippen LogP contribution in [0.25, 0.3) is 20.2 Å². The molecule has 1 heterocycles. The average molecular weight is 441 g/mol. The molecule has 0 radical (unpaired) electrons. The van der Waals surface area contributed by atoms with Crippen LogP contribution >= 0.6 is 24.2 Å². The summed E-state index contributed by atoms with van der Waals surface area (Å²) in [7, 11) is 0. The summed E-state index contributed by atoms with van der Waals surface area (Å²) in [5.74, 6) is 0.522. The van der Waals surface area contributed by atoms with Crippen molar-refractivity contribution in [2.45, 2.75) is 31.6 Å². The van der Waals surface area contributed by atoms with Gasteiger partial charge in [-0.25, -0.2) is 4.40 Å². The zero-order valence-corrected chi connectivity index (χ0v) is 19.0. The number of hydrogen-bond acceptors (Lipinski definition) is 5. The second-order valence-corrected chi connectivity index (χ2v) is 9.23. The van der Waals surface area contributed by atoms with Crippen LogP contribution < -0.4 is 5.36 Å². The highest BCUT2D eigenvalue weighted by Gasteiger charge is 2.06. The van der Waals surface area contributed by atoms with Crippen LogP contribution in [-0.2, 0) is 11.1 Å². The van der Waals surface area contributed by atoms with Gasteiger partial charge in [-0.3, -0.25) is 4.21 Å². The predicted octanol–water partition coefficient (Wildman–Crippen LogP) is 6.16. The molecular weight excluding hydrogens is 418 g/mol. The number of benzene rings is 3. The van der Waals surface area contributed by atoms with Crippen LogP contribution in [0.4, 0.5) is 0 Å². The molecule has 0 aliphatic carbocycles. The normalized spacial score (nSPS) is 12.8. The van der Waals surface area contributed by atoms with E-state index < -0.39 is 11.1 Å². The molecular formula is C23H22NO2S3-. The average Bonchev–Trinajstić information content (AvgIpc) is 2.72. The summed E-state index contributed by atoms with van der Waals surface area (Å²) >= 11 is 3.90. The van der Waals surface area contributed by atoms with Gasteiger partial charge in [-0.1, -0.05) is 55.8 Å². The number of aryl methyl sites for hydroxylation is 1. The van der Waals surface area contributed by atoms with E-state index in [-0.39, 0.29) is 0 Å². The van der Waals surface area contributed by atoms with Crippen molar-refractivity contribution in [1.29, 1.82) is 0 Å². The molecule has 0 bridgehead atoms. The predicted molar refractivity (Wildman–Crippen MR) is 126 cm³/mol. The fourth-order valence-electron chi connectivity index (χ4n) is 2.95. The number of fused-ring (bicyclic) bond motifs is 2. The van der Waals surface area contributed by atoms with Gasteiger partial charge in [0.2, 0.25) is 0 Å². The first-order valence-electron chi connectivity index (χ1n) is 9.20. The molecule has 29 heavy (non-hydrogen) atoms. The van der Waals surface area contributed by atoms with Gasteiger partial charge in [0.25, 0.3) is 0 Å². The fourth-order valence-corrected chi connectivity index (χ4v) is 4.59. The Hall–Kier alpha value is -1.99. The number of rotatable bonds is 2. The molecule has 0 N–H and O–H groups in total. The van der Waals surface area contributed by atoms with Crippen molar-refractivity contribution in [3.63, 3.8) is 0 Å². The Morgan fingerprint density at radius 1 is 0.966 bits per heavy atom. The molecule has 0 amide bonds. The summed E-state index contributed by atoms with van der Waals surface area (Å²) in [5, 5.41) is 3.36. The maximum atomic E-state index is 10.3. The lowest BCUT2D eigenvalue weighted by Crippen LogP contribution is -2.03. The van der Waals surface area contributed by atoms with Gasteiger partial charge in [-0.05, 0) is 72.6 Å². The maximum Gasteiger partial charge on any atom is 0.0883 e. The first-order valence-corrected chi connectivity index (χ1v) is 11.5. The Bertz CT molecular complexity index is 1230. The van der Waals surface area contributed by atoms with Gasteiger partial charge in [0.05, 0.1) is 5.36 Å². The number of hydrogen-bond donors (Lipinski definition) is 1. The molecule has 4 aromatic rings. The molecule has 1 aromatic heterocycles.